The van der Waals surface area contributed by atoms with E-state index in [0.717, 1.165) is 37.4 Å². The third-order valence-corrected chi connectivity index (χ3v) is 3.83. The number of hydrogen-bond donors (Lipinski definition) is 1. The Morgan fingerprint density at radius 1 is 1.45 bits per heavy atom. The van der Waals surface area contributed by atoms with Crippen LogP contribution in [-0.2, 0) is 11.3 Å². The van der Waals surface area contributed by atoms with Gasteiger partial charge >= 0.3 is 0 Å². The maximum atomic E-state index is 5.84. The first-order valence-corrected chi connectivity index (χ1v) is 7.50. The zero-order valence-corrected chi connectivity index (χ0v) is 12.5. The molecule has 4 heteroatoms. The Morgan fingerprint density at radius 3 is 3.05 bits per heavy atom. The number of rotatable bonds is 6. The summed E-state index contributed by atoms with van der Waals surface area (Å²) in [4.78, 5) is 2.47. The van der Waals surface area contributed by atoms with Crippen molar-refractivity contribution in [1.29, 1.82) is 0 Å². The fraction of sp³-hybridized carbons (Fsp3) is 0.625. The first kappa shape index (κ1) is 15.3. The van der Waals surface area contributed by atoms with Crippen molar-refractivity contribution in [2.45, 2.75) is 39.0 Å². The molecule has 1 aromatic carbocycles. The maximum Gasteiger partial charge on any atom is 0.119 e. The van der Waals surface area contributed by atoms with E-state index in [4.69, 9.17) is 15.2 Å². The van der Waals surface area contributed by atoms with Crippen LogP contribution in [0.4, 0.5) is 0 Å². The van der Waals surface area contributed by atoms with Crippen molar-refractivity contribution < 1.29 is 9.47 Å². The molecule has 0 spiro atoms. The van der Waals surface area contributed by atoms with Crippen molar-refractivity contribution >= 4 is 0 Å². The number of ether oxygens (including phenoxy) is 2. The van der Waals surface area contributed by atoms with Gasteiger partial charge < -0.3 is 15.2 Å². The van der Waals surface area contributed by atoms with Crippen LogP contribution in [0.5, 0.6) is 5.75 Å². The molecule has 0 amide bonds. The molecule has 0 aromatic heterocycles. The minimum absolute atomic E-state index is 0.318. The lowest BCUT2D eigenvalue weighted by molar-refractivity contribution is -0.0586. The second-order valence-electron chi connectivity index (χ2n) is 5.40. The van der Waals surface area contributed by atoms with Gasteiger partial charge in [-0.15, -0.1) is 0 Å². The Hall–Kier alpha value is -1.10. The molecule has 1 aliphatic rings. The molecule has 20 heavy (non-hydrogen) atoms. The molecule has 4 nitrogen and oxygen atoms in total. The van der Waals surface area contributed by atoms with Gasteiger partial charge in [0.2, 0.25) is 0 Å². The molecule has 1 fully saturated rings. The summed E-state index contributed by atoms with van der Waals surface area (Å²) < 4.78 is 11.6. The van der Waals surface area contributed by atoms with E-state index in [1.807, 2.05) is 24.3 Å². The predicted octanol–water partition coefficient (Wildman–Crippen LogP) is 2.02. The first-order chi connectivity index (χ1) is 9.72. The molecule has 1 heterocycles. The molecule has 2 rings (SSSR count). The average Bonchev–Trinajstić information content (AvgIpc) is 2.48. The topological polar surface area (TPSA) is 47.7 Å². The summed E-state index contributed by atoms with van der Waals surface area (Å²) in [6.07, 6.45) is 1.44. The molecule has 1 aromatic rings. The lowest BCUT2D eigenvalue weighted by Gasteiger charge is -2.38. The van der Waals surface area contributed by atoms with Crippen molar-refractivity contribution in [3.63, 3.8) is 0 Å². The molecule has 2 N–H and O–H groups in total. The van der Waals surface area contributed by atoms with Crippen LogP contribution in [0.15, 0.2) is 24.3 Å². The zero-order valence-electron chi connectivity index (χ0n) is 12.5. The fourth-order valence-electron chi connectivity index (χ4n) is 2.61. The van der Waals surface area contributed by atoms with Crippen LogP contribution in [0, 0.1) is 0 Å². The van der Waals surface area contributed by atoms with Crippen LogP contribution >= 0.6 is 0 Å². The van der Waals surface area contributed by atoms with E-state index in [9.17, 15) is 0 Å². The number of benzene rings is 1. The van der Waals surface area contributed by atoms with Gasteiger partial charge in [-0.3, -0.25) is 4.90 Å². The average molecular weight is 278 g/mol. The van der Waals surface area contributed by atoms with Crippen molar-refractivity contribution in [2.75, 3.05) is 26.3 Å². The van der Waals surface area contributed by atoms with E-state index >= 15 is 0 Å². The molecular weight excluding hydrogens is 252 g/mol. The highest BCUT2D eigenvalue weighted by molar-refractivity contribution is 5.28. The molecule has 2 atom stereocenters. The van der Waals surface area contributed by atoms with E-state index in [1.165, 1.54) is 0 Å². The Morgan fingerprint density at radius 2 is 2.30 bits per heavy atom. The lowest BCUT2D eigenvalue weighted by Crippen LogP contribution is -2.49. The van der Waals surface area contributed by atoms with Crippen LogP contribution in [0.2, 0.25) is 0 Å². The van der Waals surface area contributed by atoms with Gasteiger partial charge in [0.1, 0.15) is 12.4 Å². The zero-order chi connectivity index (χ0) is 14.4. The molecule has 0 saturated carbocycles. The quantitative estimate of drug-likeness (QED) is 0.865. The van der Waals surface area contributed by atoms with Crippen molar-refractivity contribution in [3.05, 3.63) is 29.8 Å². The Balaban J connectivity index is 1.81. The summed E-state index contributed by atoms with van der Waals surface area (Å²) in [5.74, 6) is 0.905. The molecule has 0 bridgehead atoms. The second-order valence-corrected chi connectivity index (χ2v) is 5.40. The van der Waals surface area contributed by atoms with Crippen LogP contribution < -0.4 is 10.5 Å². The standard InChI is InChI=1S/C16H26N2O2/c1-3-15-12-20-13(2)11-18(15)7-8-19-16-6-4-5-14(9-16)10-17/h4-6,9,13,15H,3,7-8,10-12,17H2,1-2H3. The smallest absolute Gasteiger partial charge is 0.119 e. The highest BCUT2D eigenvalue weighted by Gasteiger charge is 2.24. The van der Waals surface area contributed by atoms with Gasteiger partial charge in [0.25, 0.3) is 0 Å². The van der Waals surface area contributed by atoms with E-state index < -0.39 is 0 Å². The summed E-state index contributed by atoms with van der Waals surface area (Å²) in [5, 5.41) is 0. The first-order valence-electron chi connectivity index (χ1n) is 7.50. The molecule has 1 saturated heterocycles. The van der Waals surface area contributed by atoms with Gasteiger partial charge in [0, 0.05) is 25.7 Å². The molecule has 2 unspecified atom stereocenters. The van der Waals surface area contributed by atoms with Crippen molar-refractivity contribution in [2.24, 2.45) is 5.73 Å². The van der Waals surface area contributed by atoms with E-state index in [2.05, 4.69) is 18.7 Å². The minimum Gasteiger partial charge on any atom is -0.492 e. The number of hydrogen-bond acceptors (Lipinski definition) is 4. The van der Waals surface area contributed by atoms with Gasteiger partial charge in [-0.05, 0) is 31.0 Å². The van der Waals surface area contributed by atoms with E-state index in [0.29, 0.717) is 25.3 Å². The fourth-order valence-corrected chi connectivity index (χ4v) is 2.61. The highest BCUT2D eigenvalue weighted by Crippen LogP contribution is 2.16. The van der Waals surface area contributed by atoms with Crippen LogP contribution in [-0.4, -0.2) is 43.3 Å². The summed E-state index contributed by atoms with van der Waals surface area (Å²) in [6, 6.07) is 8.52. The largest absolute Gasteiger partial charge is 0.492 e. The molecule has 0 radical (unpaired) electrons. The Kier molecular flexibility index (Phi) is 5.83. The molecular formula is C16H26N2O2. The van der Waals surface area contributed by atoms with E-state index in [1.54, 1.807) is 0 Å². The van der Waals surface area contributed by atoms with Crippen LogP contribution in [0.3, 0.4) is 0 Å². The Labute approximate surface area is 121 Å². The third kappa shape index (κ3) is 4.20. The summed E-state index contributed by atoms with van der Waals surface area (Å²) >= 11 is 0. The van der Waals surface area contributed by atoms with Crippen LogP contribution in [0.25, 0.3) is 0 Å². The highest BCUT2D eigenvalue weighted by atomic mass is 16.5. The maximum absolute atomic E-state index is 5.84. The van der Waals surface area contributed by atoms with Crippen molar-refractivity contribution in [3.8, 4) is 5.75 Å². The lowest BCUT2D eigenvalue weighted by atomic mass is 10.1. The number of nitrogens with zero attached hydrogens (tertiary/aromatic N) is 1. The predicted molar refractivity (Wildman–Crippen MR) is 80.9 cm³/mol. The molecule has 112 valence electrons. The number of morpholine rings is 1. The van der Waals surface area contributed by atoms with E-state index in [-0.39, 0.29) is 0 Å². The molecule has 1 aliphatic heterocycles. The van der Waals surface area contributed by atoms with Gasteiger partial charge in [-0.1, -0.05) is 19.1 Å². The minimum atomic E-state index is 0.318. The van der Waals surface area contributed by atoms with Gasteiger partial charge in [-0.2, -0.15) is 0 Å². The molecule has 0 aliphatic carbocycles. The second kappa shape index (κ2) is 7.62. The SMILES string of the molecule is CCC1COC(C)CN1CCOc1cccc(CN)c1. The van der Waals surface area contributed by atoms with Crippen molar-refractivity contribution in [1.82, 2.24) is 4.90 Å². The normalized spacial score (nSPS) is 23.8. The monoisotopic (exact) mass is 278 g/mol. The van der Waals surface area contributed by atoms with Crippen LogP contribution in [0.1, 0.15) is 25.8 Å². The summed E-state index contributed by atoms with van der Waals surface area (Å²) in [6.45, 7) is 8.37. The Bertz CT molecular complexity index is 411. The third-order valence-electron chi connectivity index (χ3n) is 3.83. The summed E-state index contributed by atoms with van der Waals surface area (Å²) in [7, 11) is 0. The number of nitrogens with two attached hydrogens (primary N) is 1. The van der Waals surface area contributed by atoms with Gasteiger partial charge in [-0.25, -0.2) is 0 Å². The summed E-state index contributed by atoms with van der Waals surface area (Å²) in [5.41, 5.74) is 6.74. The van der Waals surface area contributed by atoms with Gasteiger partial charge in [0.15, 0.2) is 0 Å². The van der Waals surface area contributed by atoms with Gasteiger partial charge in [0.05, 0.1) is 12.7 Å².